The smallest absolute Gasteiger partial charge is 0.294 e. The van der Waals surface area contributed by atoms with Crippen molar-refractivity contribution in [3.8, 4) is 11.5 Å². The van der Waals surface area contributed by atoms with Gasteiger partial charge in [-0.1, -0.05) is 0 Å². The number of benzene rings is 1. The van der Waals surface area contributed by atoms with Crippen LogP contribution in [0.1, 0.15) is 10.4 Å². The third-order valence-electron chi connectivity index (χ3n) is 2.25. The van der Waals surface area contributed by atoms with Crippen molar-refractivity contribution in [3.05, 3.63) is 23.8 Å². The predicted molar refractivity (Wildman–Crippen MR) is 62.6 cm³/mol. The maximum absolute atomic E-state index is 11.8. The molecule has 0 aliphatic carbocycles. The lowest BCUT2D eigenvalue weighted by molar-refractivity contribution is -0.124. The first-order chi connectivity index (χ1) is 8.01. The van der Waals surface area contributed by atoms with Gasteiger partial charge in [0, 0.05) is 19.7 Å². The number of carbonyl (C=O) groups excluding carboxylic acids is 2. The minimum Gasteiger partial charge on any atom is -0.493 e. The Hall–Kier alpha value is -2.04. The Bertz CT molecular complexity index is 440. The molecule has 5 heteroatoms. The maximum atomic E-state index is 11.8. The monoisotopic (exact) mass is 237 g/mol. The maximum Gasteiger partial charge on any atom is 0.294 e. The van der Waals surface area contributed by atoms with Crippen molar-refractivity contribution in [2.45, 2.75) is 0 Å². The summed E-state index contributed by atoms with van der Waals surface area (Å²) in [5.41, 5.74) is 0.279. The van der Waals surface area contributed by atoms with Crippen LogP contribution in [0, 0.1) is 0 Å². The lowest BCUT2D eigenvalue weighted by atomic mass is 10.1. The van der Waals surface area contributed by atoms with E-state index in [2.05, 4.69) is 0 Å². The summed E-state index contributed by atoms with van der Waals surface area (Å²) >= 11 is 0. The van der Waals surface area contributed by atoms with Crippen molar-refractivity contribution in [2.24, 2.45) is 0 Å². The van der Waals surface area contributed by atoms with Gasteiger partial charge in [-0.3, -0.25) is 9.59 Å². The van der Waals surface area contributed by atoms with Gasteiger partial charge >= 0.3 is 0 Å². The van der Waals surface area contributed by atoms with E-state index in [1.54, 1.807) is 6.07 Å². The van der Waals surface area contributed by atoms with Crippen LogP contribution in [0.15, 0.2) is 18.2 Å². The van der Waals surface area contributed by atoms with Crippen LogP contribution < -0.4 is 9.47 Å². The topological polar surface area (TPSA) is 55.8 Å². The molecule has 0 N–H and O–H groups in total. The summed E-state index contributed by atoms with van der Waals surface area (Å²) in [5, 5.41) is 0. The molecule has 0 heterocycles. The Morgan fingerprint density at radius 2 is 1.65 bits per heavy atom. The Morgan fingerprint density at radius 1 is 1.06 bits per heavy atom. The minimum atomic E-state index is -0.573. The highest BCUT2D eigenvalue weighted by Crippen LogP contribution is 2.27. The molecule has 1 amide bonds. The van der Waals surface area contributed by atoms with Crippen LogP contribution in [0.5, 0.6) is 11.5 Å². The van der Waals surface area contributed by atoms with E-state index in [-0.39, 0.29) is 5.56 Å². The SMILES string of the molecule is COc1ccc(C(=O)C(=O)N(C)C)cc1OC. The molecule has 0 unspecified atom stereocenters. The summed E-state index contributed by atoms with van der Waals surface area (Å²) in [6.07, 6.45) is 0. The fourth-order valence-electron chi connectivity index (χ4n) is 1.30. The predicted octanol–water partition coefficient (Wildman–Crippen LogP) is 0.975. The van der Waals surface area contributed by atoms with Gasteiger partial charge in [-0.05, 0) is 18.2 Å². The van der Waals surface area contributed by atoms with E-state index < -0.39 is 11.7 Å². The highest BCUT2D eigenvalue weighted by Gasteiger charge is 2.19. The highest BCUT2D eigenvalue weighted by molar-refractivity contribution is 6.42. The largest absolute Gasteiger partial charge is 0.493 e. The lowest BCUT2D eigenvalue weighted by Crippen LogP contribution is -2.29. The second kappa shape index (κ2) is 5.34. The summed E-state index contributed by atoms with van der Waals surface area (Å²) in [6, 6.07) is 4.61. The van der Waals surface area contributed by atoms with Crippen LogP contribution in [-0.2, 0) is 4.79 Å². The van der Waals surface area contributed by atoms with Crippen molar-refractivity contribution >= 4 is 11.7 Å². The van der Waals surface area contributed by atoms with Crippen LogP contribution in [0.2, 0.25) is 0 Å². The second-order valence-electron chi connectivity index (χ2n) is 3.60. The Labute approximate surface area is 99.9 Å². The fourth-order valence-corrected chi connectivity index (χ4v) is 1.30. The molecule has 0 aliphatic heterocycles. The number of Topliss-reactive ketones (excluding diaryl/α,β-unsaturated/α-hetero) is 1. The van der Waals surface area contributed by atoms with Gasteiger partial charge in [-0.15, -0.1) is 0 Å². The number of ketones is 1. The molecule has 0 fully saturated rings. The molecule has 0 aliphatic rings. The van der Waals surface area contributed by atoms with Gasteiger partial charge in [-0.2, -0.15) is 0 Å². The highest BCUT2D eigenvalue weighted by atomic mass is 16.5. The third kappa shape index (κ3) is 2.75. The number of nitrogens with zero attached hydrogens (tertiary/aromatic N) is 1. The Morgan fingerprint density at radius 3 is 2.12 bits per heavy atom. The molecular formula is C12H15NO4. The Kier molecular flexibility index (Phi) is 4.09. The van der Waals surface area contributed by atoms with Crippen LogP contribution in [0.25, 0.3) is 0 Å². The quantitative estimate of drug-likeness (QED) is 0.578. The summed E-state index contributed by atoms with van der Waals surface area (Å²) in [6.45, 7) is 0. The van der Waals surface area contributed by atoms with Gasteiger partial charge in [0.25, 0.3) is 5.91 Å². The first kappa shape index (κ1) is 13.0. The molecule has 0 saturated heterocycles. The van der Waals surface area contributed by atoms with Gasteiger partial charge in [0.2, 0.25) is 5.78 Å². The van der Waals surface area contributed by atoms with Crippen molar-refractivity contribution in [1.29, 1.82) is 0 Å². The van der Waals surface area contributed by atoms with E-state index in [4.69, 9.17) is 9.47 Å². The average molecular weight is 237 g/mol. The molecule has 1 aromatic carbocycles. The second-order valence-corrected chi connectivity index (χ2v) is 3.60. The van der Waals surface area contributed by atoms with Gasteiger partial charge in [0.15, 0.2) is 11.5 Å². The zero-order chi connectivity index (χ0) is 13.0. The molecule has 0 aromatic heterocycles. The summed E-state index contributed by atoms with van der Waals surface area (Å²) in [5.74, 6) is -0.209. The van der Waals surface area contributed by atoms with Crippen molar-refractivity contribution in [1.82, 2.24) is 4.90 Å². The van der Waals surface area contributed by atoms with E-state index in [1.807, 2.05) is 0 Å². The van der Waals surface area contributed by atoms with Crippen molar-refractivity contribution < 1.29 is 19.1 Å². The molecule has 1 rings (SSSR count). The van der Waals surface area contributed by atoms with Crippen LogP contribution in [-0.4, -0.2) is 44.9 Å². The molecule has 0 bridgehead atoms. The molecule has 1 aromatic rings. The number of carbonyl (C=O) groups is 2. The van der Waals surface area contributed by atoms with E-state index >= 15 is 0 Å². The van der Waals surface area contributed by atoms with Crippen LogP contribution >= 0.6 is 0 Å². The molecule has 0 radical (unpaired) electrons. The minimum absolute atomic E-state index is 0.279. The van der Waals surface area contributed by atoms with Gasteiger partial charge in [0.1, 0.15) is 0 Å². The van der Waals surface area contributed by atoms with Crippen molar-refractivity contribution in [3.63, 3.8) is 0 Å². The number of amides is 1. The first-order valence-corrected chi connectivity index (χ1v) is 4.99. The molecule has 0 saturated carbocycles. The summed E-state index contributed by atoms with van der Waals surface area (Å²) < 4.78 is 10.1. The lowest BCUT2D eigenvalue weighted by Gasteiger charge is -2.11. The zero-order valence-electron chi connectivity index (χ0n) is 10.3. The molecular weight excluding hydrogens is 222 g/mol. The number of hydrogen-bond donors (Lipinski definition) is 0. The zero-order valence-corrected chi connectivity index (χ0v) is 10.3. The molecule has 0 spiro atoms. The van der Waals surface area contributed by atoms with Gasteiger partial charge in [0.05, 0.1) is 14.2 Å². The van der Waals surface area contributed by atoms with Crippen LogP contribution in [0.4, 0.5) is 0 Å². The molecule has 17 heavy (non-hydrogen) atoms. The average Bonchev–Trinajstić information content (AvgIpc) is 2.35. The molecule has 0 atom stereocenters. The summed E-state index contributed by atoms with van der Waals surface area (Å²) in [4.78, 5) is 24.5. The molecule has 92 valence electrons. The van der Waals surface area contributed by atoms with Crippen molar-refractivity contribution in [2.75, 3.05) is 28.3 Å². The van der Waals surface area contributed by atoms with Crippen LogP contribution in [0.3, 0.4) is 0 Å². The first-order valence-electron chi connectivity index (χ1n) is 4.99. The number of likely N-dealkylation sites (N-methyl/N-ethyl adjacent to an activating group) is 1. The normalized spacial score (nSPS) is 9.65. The molecule has 5 nitrogen and oxygen atoms in total. The van der Waals surface area contributed by atoms with E-state index in [0.29, 0.717) is 11.5 Å². The van der Waals surface area contributed by atoms with Gasteiger partial charge in [-0.25, -0.2) is 0 Å². The van der Waals surface area contributed by atoms with Gasteiger partial charge < -0.3 is 14.4 Å². The number of rotatable bonds is 4. The van der Waals surface area contributed by atoms with E-state index in [1.165, 1.54) is 45.3 Å². The fraction of sp³-hybridized carbons (Fsp3) is 0.333. The van der Waals surface area contributed by atoms with E-state index in [9.17, 15) is 9.59 Å². The third-order valence-corrected chi connectivity index (χ3v) is 2.25. The van der Waals surface area contributed by atoms with E-state index in [0.717, 1.165) is 0 Å². The number of hydrogen-bond acceptors (Lipinski definition) is 4. The number of ether oxygens (including phenoxy) is 2. The number of methoxy groups -OCH3 is 2. The summed E-state index contributed by atoms with van der Waals surface area (Å²) in [7, 11) is 6.03. The Balaban J connectivity index is 3.08. The standard InChI is InChI=1S/C12H15NO4/c1-13(2)12(15)11(14)8-5-6-9(16-3)10(7-8)17-4/h5-7H,1-4H3.